The quantitative estimate of drug-likeness (QED) is 0.575. The predicted octanol–water partition coefficient (Wildman–Crippen LogP) is -0.0724. The molecule has 0 unspecified atom stereocenters. The molecule has 0 spiro atoms. The van der Waals surface area contributed by atoms with Gasteiger partial charge in [-0.15, -0.1) is 0 Å². The highest BCUT2D eigenvalue weighted by atomic mass is 16.7. The zero-order valence-corrected chi connectivity index (χ0v) is 14.5. The number of rotatable bonds is 5. The van der Waals surface area contributed by atoms with Crippen molar-refractivity contribution in [1.29, 1.82) is 0 Å². The lowest BCUT2D eigenvalue weighted by Crippen LogP contribution is -2.28. The summed E-state index contributed by atoms with van der Waals surface area (Å²) in [5.74, 6) is 1.67. The molecule has 10 nitrogen and oxygen atoms in total. The molecule has 0 bridgehead atoms. The van der Waals surface area contributed by atoms with E-state index in [0.717, 1.165) is 5.56 Å². The number of carbonyl (C=O) groups is 1. The first kappa shape index (κ1) is 16.9. The average Bonchev–Trinajstić information content (AvgIpc) is 3.29. The lowest BCUT2D eigenvalue weighted by atomic mass is 10.2. The fraction of sp³-hybridized carbons (Fsp3) is 0.294. The maximum Gasteiger partial charge on any atom is 0.329 e. The van der Waals surface area contributed by atoms with Crippen molar-refractivity contribution in [2.75, 3.05) is 6.79 Å². The molecule has 3 aromatic rings. The predicted molar refractivity (Wildman–Crippen MR) is 94.7 cm³/mol. The number of benzene rings is 1. The summed E-state index contributed by atoms with van der Waals surface area (Å²) in [5.41, 5.74) is 0.316. The van der Waals surface area contributed by atoms with Crippen LogP contribution in [-0.2, 0) is 24.8 Å². The number of hydrogen-bond donors (Lipinski definition) is 3. The second kappa shape index (κ2) is 6.63. The number of hydrogen-bond acceptors (Lipinski definition) is 6. The molecule has 1 amide bonds. The monoisotopic (exact) mass is 371 g/mol. The molecule has 140 valence electrons. The van der Waals surface area contributed by atoms with E-state index in [2.05, 4.69) is 20.3 Å². The summed E-state index contributed by atoms with van der Waals surface area (Å²) in [6.07, 6.45) is 0.505. The van der Waals surface area contributed by atoms with Gasteiger partial charge in [-0.3, -0.25) is 19.1 Å². The Hall–Kier alpha value is -3.56. The molecule has 1 aliphatic heterocycles. The van der Waals surface area contributed by atoms with Crippen molar-refractivity contribution in [3.63, 3.8) is 0 Å². The Morgan fingerprint density at radius 1 is 1.26 bits per heavy atom. The van der Waals surface area contributed by atoms with E-state index < -0.39 is 11.2 Å². The van der Waals surface area contributed by atoms with Gasteiger partial charge in [0.25, 0.3) is 5.56 Å². The first-order valence-corrected chi connectivity index (χ1v) is 8.34. The van der Waals surface area contributed by atoms with Gasteiger partial charge in [0.05, 0.1) is 0 Å². The summed E-state index contributed by atoms with van der Waals surface area (Å²) >= 11 is 0. The summed E-state index contributed by atoms with van der Waals surface area (Å²) in [6, 6.07) is 5.49. The van der Waals surface area contributed by atoms with E-state index in [4.69, 9.17) is 9.47 Å². The van der Waals surface area contributed by atoms with Gasteiger partial charge < -0.3 is 19.8 Å². The van der Waals surface area contributed by atoms with E-state index in [-0.39, 0.29) is 30.3 Å². The van der Waals surface area contributed by atoms with Crippen molar-refractivity contribution < 1.29 is 14.3 Å². The molecule has 0 aliphatic carbocycles. The van der Waals surface area contributed by atoms with Crippen LogP contribution in [0.1, 0.15) is 17.8 Å². The molecule has 0 fully saturated rings. The highest BCUT2D eigenvalue weighted by Crippen LogP contribution is 2.32. The Labute approximate surface area is 152 Å². The van der Waals surface area contributed by atoms with Crippen LogP contribution in [0.4, 0.5) is 0 Å². The molecule has 0 radical (unpaired) electrons. The summed E-state index contributed by atoms with van der Waals surface area (Å²) in [5, 5.41) is 2.83. The van der Waals surface area contributed by atoms with Crippen LogP contribution in [0.3, 0.4) is 0 Å². The number of nitrogens with one attached hydrogen (secondary N) is 3. The van der Waals surface area contributed by atoms with Crippen molar-refractivity contribution >= 4 is 17.1 Å². The molecule has 10 heteroatoms. The van der Waals surface area contributed by atoms with Crippen molar-refractivity contribution in [3.8, 4) is 11.5 Å². The Morgan fingerprint density at radius 3 is 2.93 bits per heavy atom. The molecule has 1 aliphatic rings. The molecule has 3 heterocycles. The number of aromatic nitrogens is 4. The van der Waals surface area contributed by atoms with Crippen LogP contribution in [-0.4, -0.2) is 32.2 Å². The van der Waals surface area contributed by atoms with E-state index >= 15 is 0 Å². The summed E-state index contributed by atoms with van der Waals surface area (Å²) in [6.45, 7) is 0.570. The standard InChI is InChI=1S/C17H17N5O5/c1-22-15-14(16(24)21-17(22)25)19-12(20-15)4-5-13(23)18-7-9-2-3-10-11(6-9)27-8-26-10/h2-3,6H,4-5,7-8H2,1H3,(H,18,23)(H,19,20)(H,21,24,25). The van der Waals surface area contributed by atoms with E-state index in [1.54, 1.807) is 6.07 Å². The van der Waals surface area contributed by atoms with Crippen molar-refractivity contribution in [1.82, 2.24) is 24.8 Å². The zero-order valence-electron chi connectivity index (χ0n) is 14.5. The van der Waals surface area contributed by atoms with Gasteiger partial charge in [-0.1, -0.05) is 6.07 Å². The number of aryl methyl sites for hydroxylation is 2. The van der Waals surface area contributed by atoms with Crippen molar-refractivity contribution in [2.45, 2.75) is 19.4 Å². The number of imidazole rings is 1. The fourth-order valence-corrected chi connectivity index (χ4v) is 2.84. The van der Waals surface area contributed by atoms with Crippen LogP contribution < -0.4 is 26.0 Å². The molecular formula is C17H17N5O5. The van der Waals surface area contributed by atoms with E-state index in [1.807, 2.05) is 12.1 Å². The molecule has 0 atom stereocenters. The SMILES string of the molecule is Cn1c(=O)[nH]c(=O)c2[nH]c(CCC(=O)NCc3ccc4c(c3)OCO4)nc21. The van der Waals surface area contributed by atoms with Gasteiger partial charge >= 0.3 is 5.69 Å². The molecule has 4 rings (SSSR count). The Morgan fingerprint density at radius 2 is 2.07 bits per heavy atom. The number of fused-ring (bicyclic) bond motifs is 2. The maximum absolute atomic E-state index is 12.1. The Kier molecular flexibility index (Phi) is 4.15. The Balaban J connectivity index is 1.37. The minimum absolute atomic E-state index is 0.157. The van der Waals surface area contributed by atoms with Crippen LogP contribution in [0.15, 0.2) is 27.8 Å². The third-order valence-electron chi connectivity index (χ3n) is 4.32. The smallest absolute Gasteiger partial charge is 0.329 e. The topological polar surface area (TPSA) is 131 Å². The molecule has 0 saturated heterocycles. The average molecular weight is 371 g/mol. The number of carbonyl (C=O) groups excluding carboxylic acids is 1. The van der Waals surface area contributed by atoms with E-state index in [9.17, 15) is 14.4 Å². The summed E-state index contributed by atoms with van der Waals surface area (Å²) in [4.78, 5) is 44.8. The van der Waals surface area contributed by atoms with Gasteiger partial charge in [0, 0.05) is 26.4 Å². The minimum atomic E-state index is -0.535. The number of amides is 1. The summed E-state index contributed by atoms with van der Waals surface area (Å²) < 4.78 is 11.8. The van der Waals surface area contributed by atoms with Crippen LogP contribution in [0.25, 0.3) is 11.2 Å². The van der Waals surface area contributed by atoms with E-state index in [0.29, 0.717) is 30.3 Å². The number of H-pyrrole nitrogens is 2. The van der Waals surface area contributed by atoms with Gasteiger partial charge in [-0.2, -0.15) is 0 Å². The Bertz CT molecular complexity index is 1140. The number of ether oxygens (including phenoxy) is 2. The van der Waals surface area contributed by atoms with Gasteiger partial charge in [-0.25, -0.2) is 9.78 Å². The van der Waals surface area contributed by atoms with Crippen molar-refractivity contribution in [2.24, 2.45) is 7.05 Å². The normalized spacial score (nSPS) is 12.5. The molecule has 3 N–H and O–H groups in total. The fourth-order valence-electron chi connectivity index (χ4n) is 2.84. The highest BCUT2D eigenvalue weighted by molar-refractivity contribution is 5.76. The van der Waals surface area contributed by atoms with E-state index in [1.165, 1.54) is 11.6 Å². The second-order valence-corrected chi connectivity index (χ2v) is 6.16. The van der Waals surface area contributed by atoms with Crippen LogP contribution in [0.2, 0.25) is 0 Å². The molecule has 0 saturated carbocycles. The lowest BCUT2D eigenvalue weighted by molar-refractivity contribution is -0.121. The first-order chi connectivity index (χ1) is 13.0. The number of aromatic amines is 2. The first-order valence-electron chi connectivity index (χ1n) is 8.34. The van der Waals surface area contributed by atoms with Crippen LogP contribution in [0.5, 0.6) is 11.5 Å². The third-order valence-corrected chi connectivity index (χ3v) is 4.32. The van der Waals surface area contributed by atoms with Crippen molar-refractivity contribution in [3.05, 3.63) is 50.4 Å². The number of nitrogens with zero attached hydrogens (tertiary/aromatic N) is 2. The lowest BCUT2D eigenvalue weighted by Gasteiger charge is -2.05. The molecule has 1 aromatic carbocycles. The van der Waals surface area contributed by atoms with Crippen LogP contribution in [0, 0.1) is 0 Å². The van der Waals surface area contributed by atoms with Crippen LogP contribution >= 0.6 is 0 Å². The largest absolute Gasteiger partial charge is 0.454 e. The van der Waals surface area contributed by atoms with Gasteiger partial charge in [-0.05, 0) is 17.7 Å². The molecule has 27 heavy (non-hydrogen) atoms. The summed E-state index contributed by atoms with van der Waals surface area (Å²) in [7, 11) is 1.52. The zero-order chi connectivity index (χ0) is 19.0. The van der Waals surface area contributed by atoms with Gasteiger partial charge in [0.1, 0.15) is 11.3 Å². The molecule has 2 aromatic heterocycles. The third kappa shape index (κ3) is 3.28. The molecular weight excluding hydrogens is 354 g/mol. The minimum Gasteiger partial charge on any atom is -0.454 e. The van der Waals surface area contributed by atoms with Gasteiger partial charge in [0.2, 0.25) is 12.7 Å². The van der Waals surface area contributed by atoms with Gasteiger partial charge in [0.15, 0.2) is 17.1 Å². The highest BCUT2D eigenvalue weighted by Gasteiger charge is 2.14. The second-order valence-electron chi connectivity index (χ2n) is 6.16. The maximum atomic E-state index is 12.1.